The summed E-state index contributed by atoms with van der Waals surface area (Å²) in [4.78, 5) is 31.6. The van der Waals surface area contributed by atoms with Crippen LogP contribution in [0, 0.1) is 0 Å². The van der Waals surface area contributed by atoms with Gasteiger partial charge in [0.1, 0.15) is 12.2 Å². The molecular formula is C15H22FN5O6S. The molecule has 1 aliphatic rings. The number of aliphatic hydroxyl groups excluding tert-OH is 2. The highest BCUT2D eigenvalue weighted by atomic mass is 32.2. The van der Waals surface area contributed by atoms with Crippen LogP contribution in [0.3, 0.4) is 0 Å². The number of halogens is 1. The number of hydrogen-bond donors (Lipinski definition) is 4. The summed E-state index contributed by atoms with van der Waals surface area (Å²) in [5.74, 6) is -0.197. The number of imidazole rings is 1. The smallest absolute Gasteiger partial charge is 0.332 e. The lowest BCUT2D eigenvalue weighted by Gasteiger charge is -2.18. The highest BCUT2D eigenvalue weighted by molar-refractivity contribution is 7.84. The molecular weight excluding hydrogens is 397 g/mol. The van der Waals surface area contributed by atoms with Gasteiger partial charge in [-0.25, -0.2) is 13.8 Å². The number of ether oxygens (including phenoxy) is 1. The Labute approximate surface area is 160 Å². The maximum absolute atomic E-state index is 14.5. The molecule has 0 saturated carbocycles. The zero-order valence-corrected chi connectivity index (χ0v) is 16.1. The molecule has 13 heteroatoms. The number of hydrogen-bond acceptors (Lipinski definition) is 8. The molecule has 0 aliphatic carbocycles. The molecule has 0 aromatic carbocycles. The molecule has 3 heterocycles. The van der Waals surface area contributed by atoms with Gasteiger partial charge in [-0.05, 0) is 6.42 Å². The highest BCUT2D eigenvalue weighted by Gasteiger charge is 2.49. The summed E-state index contributed by atoms with van der Waals surface area (Å²) in [7, 11) is -1.25. The van der Waals surface area contributed by atoms with Gasteiger partial charge in [-0.3, -0.25) is 18.6 Å². The molecule has 6 atom stereocenters. The molecule has 0 spiro atoms. The summed E-state index contributed by atoms with van der Waals surface area (Å²) < 4.78 is 33.3. The second-order valence-electron chi connectivity index (χ2n) is 6.61. The minimum atomic E-state index is -1.95. The Morgan fingerprint density at radius 3 is 2.75 bits per heavy atom. The van der Waals surface area contributed by atoms with Crippen LogP contribution in [-0.2, 0) is 22.1 Å². The van der Waals surface area contributed by atoms with Crippen molar-refractivity contribution >= 4 is 27.9 Å². The Balaban J connectivity index is 2.18. The van der Waals surface area contributed by atoms with Gasteiger partial charge in [-0.2, -0.15) is 4.98 Å². The first kappa shape index (κ1) is 20.6. The van der Waals surface area contributed by atoms with Crippen LogP contribution in [0.15, 0.2) is 9.59 Å². The fraction of sp³-hybridized carbons (Fsp3) is 0.667. The Morgan fingerprint density at radius 2 is 2.14 bits per heavy atom. The zero-order valence-electron chi connectivity index (χ0n) is 15.2. The maximum atomic E-state index is 14.5. The third-order valence-corrected chi connectivity index (χ3v) is 5.47. The van der Waals surface area contributed by atoms with E-state index in [1.54, 1.807) is 6.92 Å². The SMILES string of the molecule is CC[C@H](O)[C@H]1O[C@@H](n2c(=O)n(CCS(C)=O)c3c(=O)[nH]c(N)nc32)[C@H](O)[C@H]1F. The van der Waals surface area contributed by atoms with Gasteiger partial charge in [0.25, 0.3) is 5.56 Å². The van der Waals surface area contributed by atoms with Crippen molar-refractivity contribution in [3.05, 3.63) is 20.8 Å². The summed E-state index contributed by atoms with van der Waals surface area (Å²) in [6.45, 7) is 1.55. The summed E-state index contributed by atoms with van der Waals surface area (Å²) in [6.07, 6.45) is -6.16. The van der Waals surface area contributed by atoms with Gasteiger partial charge in [0.2, 0.25) is 5.95 Å². The summed E-state index contributed by atoms with van der Waals surface area (Å²) in [6, 6.07) is 0. The van der Waals surface area contributed by atoms with E-state index >= 15 is 0 Å². The van der Waals surface area contributed by atoms with Crippen LogP contribution in [0.4, 0.5) is 10.3 Å². The second kappa shape index (κ2) is 7.73. The van der Waals surface area contributed by atoms with Gasteiger partial charge in [-0.1, -0.05) is 6.92 Å². The fourth-order valence-corrected chi connectivity index (χ4v) is 3.71. The molecule has 1 saturated heterocycles. The molecule has 2 aromatic heterocycles. The van der Waals surface area contributed by atoms with E-state index in [0.717, 1.165) is 9.13 Å². The number of fused-ring (bicyclic) bond motifs is 1. The predicted octanol–water partition coefficient (Wildman–Crippen LogP) is -1.79. The van der Waals surface area contributed by atoms with Gasteiger partial charge in [0.05, 0.1) is 6.10 Å². The van der Waals surface area contributed by atoms with Crippen LogP contribution >= 0.6 is 0 Å². The third kappa shape index (κ3) is 3.38. The topological polar surface area (TPSA) is 165 Å². The molecule has 156 valence electrons. The zero-order chi connectivity index (χ0) is 20.7. The largest absolute Gasteiger partial charge is 0.390 e. The number of nitrogens with zero attached hydrogens (tertiary/aromatic N) is 3. The van der Waals surface area contributed by atoms with Crippen molar-refractivity contribution < 1.29 is 23.5 Å². The first-order valence-corrected chi connectivity index (χ1v) is 10.4. The number of aromatic nitrogens is 4. The van der Waals surface area contributed by atoms with Crippen molar-refractivity contribution in [2.45, 2.75) is 50.6 Å². The number of rotatable bonds is 6. The molecule has 0 radical (unpaired) electrons. The van der Waals surface area contributed by atoms with Crippen molar-refractivity contribution in [1.82, 2.24) is 19.1 Å². The van der Waals surface area contributed by atoms with Gasteiger partial charge in [-0.15, -0.1) is 0 Å². The monoisotopic (exact) mass is 419 g/mol. The number of aryl methyl sites for hydroxylation is 1. The molecule has 1 unspecified atom stereocenters. The van der Waals surface area contributed by atoms with Gasteiger partial charge < -0.3 is 20.7 Å². The van der Waals surface area contributed by atoms with Crippen molar-refractivity contribution in [3.8, 4) is 0 Å². The number of aromatic amines is 1. The van der Waals surface area contributed by atoms with Crippen LogP contribution in [-0.4, -0.2) is 70.0 Å². The van der Waals surface area contributed by atoms with E-state index in [-0.39, 0.29) is 35.8 Å². The Bertz CT molecular complexity index is 1020. The summed E-state index contributed by atoms with van der Waals surface area (Å²) in [5, 5.41) is 20.2. The Morgan fingerprint density at radius 1 is 1.46 bits per heavy atom. The first-order valence-electron chi connectivity index (χ1n) is 8.63. The molecule has 1 aliphatic heterocycles. The van der Waals surface area contributed by atoms with Gasteiger partial charge in [0.15, 0.2) is 23.6 Å². The number of H-pyrrole nitrogens is 1. The molecule has 28 heavy (non-hydrogen) atoms. The van der Waals surface area contributed by atoms with E-state index in [2.05, 4.69) is 9.97 Å². The average molecular weight is 419 g/mol. The van der Waals surface area contributed by atoms with E-state index in [1.807, 2.05) is 0 Å². The van der Waals surface area contributed by atoms with E-state index in [1.165, 1.54) is 6.26 Å². The quantitative estimate of drug-likeness (QED) is 0.426. The molecule has 3 rings (SSSR count). The average Bonchev–Trinajstić information content (AvgIpc) is 3.06. The molecule has 0 amide bonds. The fourth-order valence-electron chi connectivity index (χ4n) is 3.27. The molecule has 1 fully saturated rings. The lowest BCUT2D eigenvalue weighted by molar-refractivity contribution is -0.0799. The number of anilines is 1. The number of nitrogens with two attached hydrogens (primary N) is 1. The number of alkyl halides is 1. The number of aliphatic hydroxyl groups is 2. The molecule has 5 N–H and O–H groups in total. The Hall–Kier alpha value is -2.09. The maximum Gasteiger partial charge on any atom is 0.332 e. The van der Waals surface area contributed by atoms with Gasteiger partial charge in [0, 0.05) is 29.4 Å². The van der Waals surface area contributed by atoms with E-state index in [9.17, 15) is 28.4 Å². The number of nitrogens with one attached hydrogen (secondary N) is 1. The standard InChI is InChI=1S/C15H22FN5O6S/c1-3-6(22)10-7(16)9(23)13(27-10)21-11-8(12(24)19-14(17)18-11)20(15(21)25)4-5-28(2)26/h6-7,9-10,13,22-23H,3-5H2,1-2H3,(H3,17,18,19,24)/t6-,7+,9+,10+,13+,28?/m0/s1. The van der Waals surface area contributed by atoms with Crippen LogP contribution in [0.25, 0.3) is 11.2 Å². The minimum Gasteiger partial charge on any atom is -0.390 e. The Kier molecular flexibility index (Phi) is 5.70. The lowest BCUT2D eigenvalue weighted by Crippen LogP contribution is -2.36. The number of nitrogen functional groups attached to an aromatic ring is 1. The lowest BCUT2D eigenvalue weighted by atomic mass is 10.1. The van der Waals surface area contributed by atoms with E-state index in [0.29, 0.717) is 0 Å². The summed E-state index contributed by atoms with van der Waals surface area (Å²) >= 11 is 0. The summed E-state index contributed by atoms with van der Waals surface area (Å²) in [5.41, 5.74) is 3.71. The van der Waals surface area contributed by atoms with Crippen molar-refractivity contribution in [1.29, 1.82) is 0 Å². The van der Waals surface area contributed by atoms with E-state index < -0.39 is 52.8 Å². The van der Waals surface area contributed by atoms with Gasteiger partial charge >= 0.3 is 5.69 Å². The molecule has 11 nitrogen and oxygen atoms in total. The van der Waals surface area contributed by atoms with Crippen LogP contribution in [0.5, 0.6) is 0 Å². The normalized spacial score (nSPS) is 27.3. The minimum absolute atomic E-state index is 0.0665. The van der Waals surface area contributed by atoms with Crippen LogP contribution in [0.2, 0.25) is 0 Å². The third-order valence-electron chi connectivity index (χ3n) is 4.71. The van der Waals surface area contributed by atoms with Crippen LogP contribution in [0.1, 0.15) is 19.6 Å². The van der Waals surface area contributed by atoms with Crippen molar-refractivity contribution in [2.75, 3.05) is 17.7 Å². The predicted molar refractivity (Wildman–Crippen MR) is 99.1 cm³/mol. The molecule has 2 aromatic rings. The molecule has 0 bridgehead atoms. The van der Waals surface area contributed by atoms with Crippen molar-refractivity contribution in [3.63, 3.8) is 0 Å². The van der Waals surface area contributed by atoms with E-state index in [4.69, 9.17) is 10.5 Å². The second-order valence-corrected chi connectivity index (χ2v) is 8.16. The van der Waals surface area contributed by atoms with Crippen molar-refractivity contribution in [2.24, 2.45) is 0 Å². The first-order chi connectivity index (χ1) is 13.2. The van der Waals surface area contributed by atoms with Crippen LogP contribution < -0.4 is 17.0 Å². The highest BCUT2D eigenvalue weighted by Crippen LogP contribution is 2.34.